The van der Waals surface area contributed by atoms with Crippen LogP contribution in [0.4, 0.5) is 9.18 Å². The summed E-state index contributed by atoms with van der Waals surface area (Å²) < 4.78 is 18.9. The van der Waals surface area contributed by atoms with Crippen molar-refractivity contribution >= 4 is 12.0 Å². The summed E-state index contributed by atoms with van der Waals surface area (Å²) in [6.45, 7) is 0.854. The number of carbonyl (C=O) groups is 2. The molecule has 6 nitrogen and oxygen atoms in total. The second kappa shape index (κ2) is 5.96. The zero-order valence-corrected chi connectivity index (χ0v) is 17.0. The number of ether oxygens (including phenoxy) is 1. The third-order valence-electron chi connectivity index (χ3n) is 9.27. The molecular weight excluding hydrogens is 387 g/mol. The van der Waals surface area contributed by atoms with Crippen LogP contribution in [0, 0.1) is 34.9 Å². The predicted molar refractivity (Wildman–Crippen MR) is 105 cm³/mol. The summed E-state index contributed by atoms with van der Waals surface area (Å²) in [6, 6.07) is 6.72. The Hall–Kier alpha value is -2.15. The Balaban J connectivity index is 1.25. The van der Waals surface area contributed by atoms with E-state index in [0.29, 0.717) is 43.2 Å². The molecule has 5 aliphatic rings. The number of amides is 2. The number of nitrogens with zero attached hydrogens (tertiary/aromatic N) is 1. The molecule has 6 unspecified atom stereocenters. The molecule has 160 valence electrons. The molecule has 1 aromatic rings. The fraction of sp³-hybridized carbons (Fsp3) is 0.652. The monoisotopic (exact) mass is 414 g/mol. The number of halogens is 1. The summed E-state index contributed by atoms with van der Waals surface area (Å²) in [7, 11) is 1.51. The van der Waals surface area contributed by atoms with Crippen molar-refractivity contribution in [2.24, 2.45) is 29.1 Å². The first-order chi connectivity index (χ1) is 14.4. The van der Waals surface area contributed by atoms with Crippen molar-refractivity contribution in [2.75, 3.05) is 20.1 Å². The van der Waals surface area contributed by atoms with E-state index >= 15 is 0 Å². The predicted octanol–water partition coefficient (Wildman–Crippen LogP) is 2.06. The third-order valence-corrected chi connectivity index (χ3v) is 9.27. The molecule has 7 heteroatoms. The minimum absolute atomic E-state index is 0.0812. The maximum atomic E-state index is 13.6. The lowest BCUT2D eigenvalue weighted by atomic mass is 9.26. The summed E-state index contributed by atoms with van der Waals surface area (Å²) in [5.74, 6) is 1.31. The lowest BCUT2D eigenvalue weighted by Crippen LogP contribution is -2.76. The minimum atomic E-state index is -0.475. The number of nitrogens with one attached hydrogen (secondary N) is 1. The van der Waals surface area contributed by atoms with Gasteiger partial charge in [-0.15, -0.1) is 0 Å². The Labute approximate surface area is 174 Å². The van der Waals surface area contributed by atoms with Crippen molar-refractivity contribution in [2.45, 2.75) is 43.3 Å². The molecule has 1 heterocycles. The number of carbonyl (C=O) groups excluding carboxylic acids is 2. The van der Waals surface area contributed by atoms with Gasteiger partial charge in [-0.3, -0.25) is 4.79 Å². The average Bonchev–Trinajstić information content (AvgIpc) is 3.19. The van der Waals surface area contributed by atoms with E-state index < -0.39 is 6.09 Å². The second-order valence-electron chi connectivity index (χ2n) is 10.1. The van der Waals surface area contributed by atoms with Crippen molar-refractivity contribution in [1.29, 1.82) is 0 Å². The van der Waals surface area contributed by atoms with Crippen molar-refractivity contribution in [3.63, 3.8) is 0 Å². The summed E-state index contributed by atoms with van der Waals surface area (Å²) in [5, 5.41) is 13.0. The number of hydrogen-bond donors (Lipinski definition) is 2. The zero-order valence-electron chi connectivity index (χ0n) is 17.0. The van der Waals surface area contributed by atoms with Gasteiger partial charge in [0.1, 0.15) is 11.9 Å². The van der Waals surface area contributed by atoms with Crippen LogP contribution in [-0.2, 0) is 14.9 Å². The van der Waals surface area contributed by atoms with Crippen LogP contribution in [-0.4, -0.2) is 54.4 Å². The molecule has 1 aliphatic heterocycles. The molecular formula is C23H27FN2O4. The molecule has 0 aromatic heterocycles. The maximum Gasteiger partial charge on any atom is 0.407 e. The van der Waals surface area contributed by atoms with Crippen molar-refractivity contribution in [3.05, 3.63) is 35.6 Å². The van der Waals surface area contributed by atoms with Crippen LogP contribution in [0.25, 0.3) is 0 Å². The Bertz CT molecular complexity index is 916. The van der Waals surface area contributed by atoms with E-state index in [1.165, 1.54) is 19.2 Å². The van der Waals surface area contributed by atoms with Gasteiger partial charge in [0.15, 0.2) is 0 Å². The number of alkyl carbamates (subject to hydrolysis) is 1. The van der Waals surface area contributed by atoms with E-state index in [1.54, 1.807) is 4.90 Å². The Morgan fingerprint density at radius 3 is 2.60 bits per heavy atom. The van der Waals surface area contributed by atoms with Crippen LogP contribution in [0.15, 0.2) is 24.3 Å². The van der Waals surface area contributed by atoms with Crippen LogP contribution in [0.2, 0.25) is 0 Å². The van der Waals surface area contributed by atoms with E-state index in [0.717, 1.165) is 24.8 Å². The van der Waals surface area contributed by atoms with Gasteiger partial charge in [0, 0.05) is 18.9 Å². The molecule has 2 bridgehead atoms. The van der Waals surface area contributed by atoms with Gasteiger partial charge in [-0.2, -0.15) is 0 Å². The number of likely N-dealkylation sites (tertiary alicyclic amines) is 1. The molecule has 5 fully saturated rings. The van der Waals surface area contributed by atoms with Gasteiger partial charge in [0.05, 0.1) is 19.2 Å². The molecule has 6 rings (SSSR count). The zero-order chi connectivity index (χ0) is 20.8. The lowest BCUT2D eigenvalue weighted by Gasteiger charge is -2.77. The molecule has 4 saturated carbocycles. The molecule has 7 atom stereocenters. The van der Waals surface area contributed by atoms with Gasteiger partial charge in [0.25, 0.3) is 0 Å². The average molecular weight is 414 g/mol. The number of benzene rings is 1. The van der Waals surface area contributed by atoms with Crippen LogP contribution in [0.1, 0.15) is 31.2 Å². The second-order valence-corrected chi connectivity index (χ2v) is 10.1. The number of rotatable bonds is 4. The van der Waals surface area contributed by atoms with Crippen LogP contribution < -0.4 is 5.32 Å². The largest absolute Gasteiger partial charge is 0.442 e. The molecule has 1 aromatic carbocycles. The van der Waals surface area contributed by atoms with E-state index in [1.807, 2.05) is 12.1 Å². The minimum Gasteiger partial charge on any atom is -0.442 e. The maximum absolute atomic E-state index is 13.6. The van der Waals surface area contributed by atoms with Crippen molar-refractivity contribution < 1.29 is 23.8 Å². The quantitative estimate of drug-likeness (QED) is 0.791. The first kappa shape index (κ1) is 18.6. The van der Waals surface area contributed by atoms with E-state index in [9.17, 15) is 19.1 Å². The van der Waals surface area contributed by atoms with E-state index in [2.05, 4.69) is 5.32 Å². The smallest absolute Gasteiger partial charge is 0.407 e. The van der Waals surface area contributed by atoms with Gasteiger partial charge in [-0.25, -0.2) is 9.18 Å². The Morgan fingerprint density at radius 2 is 1.93 bits per heavy atom. The number of hydrogen-bond acceptors (Lipinski definition) is 4. The summed E-state index contributed by atoms with van der Waals surface area (Å²) in [6.07, 6.45) is 2.50. The van der Waals surface area contributed by atoms with Gasteiger partial charge < -0.3 is 20.1 Å². The molecule has 4 aliphatic carbocycles. The molecule has 30 heavy (non-hydrogen) atoms. The number of fused-ring (bicyclic) bond motifs is 1. The van der Waals surface area contributed by atoms with E-state index in [-0.39, 0.29) is 34.8 Å². The topological polar surface area (TPSA) is 78.9 Å². The molecule has 1 saturated heterocycles. The van der Waals surface area contributed by atoms with Gasteiger partial charge in [-0.05, 0) is 66.0 Å². The fourth-order valence-electron chi connectivity index (χ4n) is 8.16. The van der Waals surface area contributed by atoms with Crippen molar-refractivity contribution in [1.82, 2.24) is 10.2 Å². The van der Waals surface area contributed by atoms with Gasteiger partial charge in [-0.1, -0.05) is 12.1 Å². The first-order valence-corrected chi connectivity index (χ1v) is 11.0. The number of aliphatic hydroxyl groups excluding tert-OH is 1. The fourth-order valence-corrected chi connectivity index (χ4v) is 8.16. The number of aliphatic hydroxyl groups is 1. The summed E-state index contributed by atoms with van der Waals surface area (Å²) >= 11 is 0. The molecule has 0 radical (unpaired) electrons. The Kier molecular flexibility index (Phi) is 3.70. The highest BCUT2D eigenvalue weighted by atomic mass is 19.1. The highest BCUT2D eigenvalue weighted by Crippen LogP contribution is 2.87. The molecule has 1 spiro atoms. The highest BCUT2D eigenvalue weighted by Gasteiger charge is 2.85. The van der Waals surface area contributed by atoms with E-state index in [4.69, 9.17) is 4.74 Å². The molecule has 2 amide bonds. The van der Waals surface area contributed by atoms with Crippen molar-refractivity contribution in [3.8, 4) is 0 Å². The lowest BCUT2D eigenvalue weighted by molar-refractivity contribution is -0.271. The SMILES string of the molecule is CNC(=O)OC1CN(C(=O)CC2(c3ccc(F)cc3)C3CC4CC35C(CC25)[C@@H]4O)C1. The Morgan fingerprint density at radius 1 is 1.23 bits per heavy atom. The summed E-state index contributed by atoms with van der Waals surface area (Å²) in [5.41, 5.74) is 0.999. The molecule has 2 N–H and O–H groups in total. The third kappa shape index (κ3) is 2.07. The first-order valence-electron chi connectivity index (χ1n) is 11.0. The standard InChI is InChI=1S/C23H27FN2O4/c1-25-21(29)30-15-10-26(11-15)19(27)9-22(13-2-4-14(24)5-3-13)17-6-12-8-23(17)16(20(12)28)7-18(22)23/h2-5,12,15-18,20,28H,6-11H2,1H3,(H,25,29)/t12?,16?,17?,18?,20-,22?,23?/m1/s1. The van der Waals surface area contributed by atoms with Crippen LogP contribution in [0.3, 0.4) is 0 Å². The normalized spacial score (nSPS) is 42.6. The van der Waals surface area contributed by atoms with Gasteiger partial charge in [0.2, 0.25) is 5.91 Å². The summed E-state index contributed by atoms with van der Waals surface area (Å²) in [4.78, 5) is 26.4. The van der Waals surface area contributed by atoms with Crippen LogP contribution >= 0.6 is 0 Å². The van der Waals surface area contributed by atoms with Crippen LogP contribution in [0.5, 0.6) is 0 Å². The van der Waals surface area contributed by atoms with Gasteiger partial charge >= 0.3 is 6.09 Å². The highest BCUT2D eigenvalue weighted by molar-refractivity contribution is 5.80.